The lowest BCUT2D eigenvalue weighted by Gasteiger charge is -2.30. The first kappa shape index (κ1) is 34.2. The Kier molecular flexibility index (Phi) is 12.4. The number of hydrogen-bond acceptors (Lipinski definition) is 7. The van der Waals surface area contributed by atoms with E-state index in [2.05, 4.69) is 15.6 Å². The molecule has 1 aromatic heterocycles. The largest absolute Gasteiger partial charge is 0.346 e. The molecule has 0 aliphatic rings. The van der Waals surface area contributed by atoms with Crippen molar-refractivity contribution in [3.8, 4) is 0 Å². The summed E-state index contributed by atoms with van der Waals surface area (Å²) in [6.45, 7) is 12.0. The molecule has 0 aliphatic heterocycles. The van der Waals surface area contributed by atoms with Crippen molar-refractivity contribution in [1.29, 1.82) is 0 Å². The average molecular weight is 578 g/mol. The van der Waals surface area contributed by atoms with E-state index in [4.69, 9.17) is 0 Å². The number of hydrogen-bond donors (Lipinski definition) is 2. The number of aryl methyl sites for hydroxylation is 1. The van der Waals surface area contributed by atoms with Crippen LogP contribution in [0, 0.1) is 23.2 Å². The van der Waals surface area contributed by atoms with Crippen molar-refractivity contribution in [2.24, 2.45) is 23.2 Å². The smallest absolute Gasteiger partial charge is 0.224 e. The third-order valence-electron chi connectivity index (χ3n) is 7.30. The Morgan fingerprint density at radius 2 is 1.52 bits per heavy atom. The van der Waals surface area contributed by atoms with Crippen LogP contribution in [0.5, 0.6) is 0 Å². The zero-order chi connectivity index (χ0) is 31.6. The molecule has 0 bridgehead atoms. The van der Waals surface area contributed by atoms with Gasteiger partial charge >= 0.3 is 0 Å². The summed E-state index contributed by atoms with van der Waals surface area (Å²) in [7, 11) is 0. The third-order valence-corrected chi connectivity index (χ3v) is 7.30. The van der Waals surface area contributed by atoms with E-state index in [1.165, 1.54) is 25.3 Å². The highest BCUT2D eigenvalue weighted by Crippen LogP contribution is 2.30. The molecule has 0 radical (unpaired) electrons. The standard InChI is InChI=1S/C33H43N3O6/c1-20(2)25(31(41)27(38)15-13-23-11-9-8-10-12-23)17-28(39)21(3)35-32(42)26(33(5,6)7)18-29(40)24-14-16-30(34-19-24)36-22(4)37/h8-12,14,16,19-21,25-26H,13,15,17-18H2,1-7H3,(H,35,42)(H,34,36,37)/t21-,25-,26+/m0/s1. The molecule has 1 heterocycles. The summed E-state index contributed by atoms with van der Waals surface area (Å²) in [5, 5.41) is 5.27. The summed E-state index contributed by atoms with van der Waals surface area (Å²) in [5.41, 5.74) is 0.649. The fraction of sp³-hybridized carbons (Fsp3) is 0.485. The summed E-state index contributed by atoms with van der Waals surface area (Å²) in [5.74, 6) is -3.93. The van der Waals surface area contributed by atoms with Gasteiger partial charge < -0.3 is 10.6 Å². The Hall–Kier alpha value is -4.01. The Labute approximate surface area is 248 Å². The van der Waals surface area contributed by atoms with Gasteiger partial charge in [-0.3, -0.25) is 28.8 Å². The van der Waals surface area contributed by atoms with E-state index in [9.17, 15) is 28.8 Å². The Balaban J connectivity index is 2.04. The summed E-state index contributed by atoms with van der Waals surface area (Å²) >= 11 is 0. The highest BCUT2D eigenvalue weighted by Gasteiger charge is 2.36. The number of nitrogens with zero attached hydrogens (tertiary/aromatic N) is 1. The van der Waals surface area contributed by atoms with Crippen LogP contribution in [0.15, 0.2) is 48.7 Å². The molecule has 2 aromatic rings. The molecule has 3 atom stereocenters. The second kappa shape index (κ2) is 15.3. The fourth-order valence-corrected chi connectivity index (χ4v) is 4.56. The van der Waals surface area contributed by atoms with Crippen molar-refractivity contribution in [3.05, 3.63) is 59.8 Å². The van der Waals surface area contributed by atoms with Crippen molar-refractivity contribution in [2.45, 2.75) is 80.2 Å². The van der Waals surface area contributed by atoms with Crippen LogP contribution in [0.4, 0.5) is 5.82 Å². The molecular formula is C33H43N3O6. The molecular weight excluding hydrogens is 534 g/mol. The quantitative estimate of drug-likeness (QED) is 0.229. The van der Waals surface area contributed by atoms with Crippen molar-refractivity contribution in [3.63, 3.8) is 0 Å². The Bertz CT molecular complexity index is 1280. The number of benzene rings is 1. The summed E-state index contributed by atoms with van der Waals surface area (Å²) in [6, 6.07) is 11.5. The number of pyridine rings is 1. The number of amides is 2. The van der Waals surface area contributed by atoms with Crippen molar-refractivity contribution in [1.82, 2.24) is 10.3 Å². The van der Waals surface area contributed by atoms with Gasteiger partial charge in [-0.05, 0) is 42.4 Å². The second-order valence-electron chi connectivity index (χ2n) is 12.2. The van der Waals surface area contributed by atoms with Crippen LogP contribution in [0.2, 0.25) is 0 Å². The van der Waals surface area contributed by atoms with Crippen molar-refractivity contribution in [2.75, 3.05) is 5.32 Å². The number of nitrogens with one attached hydrogen (secondary N) is 2. The maximum Gasteiger partial charge on any atom is 0.224 e. The number of ketones is 4. The van der Waals surface area contributed by atoms with Gasteiger partial charge in [-0.1, -0.05) is 65.0 Å². The zero-order valence-electron chi connectivity index (χ0n) is 25.7. The van der Waals surface area contributed by atoms with Gasteiger partial charge in [0.2, 0.25) is 17.6 Å². The molecule has 9 nitrogen and oxygen atoms in total. The van der Waals surface area contributed by atoms with Crippen molar-refractivity contribution >= 4 is 40.8 Å². The molecule has 2 N–H and O–H groups in total. The molecule has 0 saturated carbocycles. The van der Waals surface area contributed by atoms with E-state index >= 15 is 0 Å². The molecule has 226 valence electrons. The lowest BCUT2D eigenvalue weighted by molar-refractivity contribution is -0.141. The first-order valence-electron chi connectivity index (χ1n) is 14.3. The number of aromatic nitrogens is 1. The molecule has 1 aromatic carbocycles. The predicted octanol–water partition coefficient (Wildman–Crippen LogP) is 4.78. The van der Waals surface area contributed by atoms with Gasteiger partial charge in [-0.2, -0.15) is 0 Å². The van der Waals surface area contributed by atoms with Crippen LogP contribution in [0.3, 0.4) is 0 Å². The van der Waals surface area contributed by atoms with Gasteiger partial charge in [-0.15, -0.1) is 0 Å². The third kappa shape index (κ3) is 10.4. The van der Waals surface area contributed by atoms with Gasteiger partial charge in [-0.25, -0.2) is 4.98 Å². The van der Waals surface area contributed by atoms with Crippen LogP contribution < -0.4 is 10.6 Å². The second-order valence-corrected chi connectivity index (χ2v) is 12.2. The SMILES string of the molecule is CC(=O)Nc1ccc(C(=O)C[C@H](C(=O)N[C@@H](C)C(=O)C[C@H](C(=O)C(=O)CCc2ccccc2)C(C)C)C(C)(C)C)cn1. The van der Waals surface area contributed by atoms with Crippen LogP contribution >= 0.6 is 0 Å². The van der Waals surface area contributed by atoms with E-state index in [1.807, 2.05) is 51.1 Å². The minimum Gasteiger partial charge on any atom is -0.346 e. The first-order valence-corrected chi connectivity index (χ1v) is 14.3. The average Bonchev–Trinajstić information content (AvgIpc) is 2.92. The van der Waals surface area contributed by atoms with Crippen LogP contribution in [0.25, 0.3) is 0 Å². The Morgan fingerprint density at radius 3 is 2.05 bits per heavy atom. The predicted molar refractivity (Wildman–Crippen MR) is 161 cm³/mol. The minimum atomic E-state index is -0.912. The summed E-state index contributed by atoms with van der Waals surface area (Å²) in [4.78, 5) is 80.5. The van der Waals surface area contributed by atoms with Gasteiger partial charge in [0.15, 0.2) is 17.3 Å². The van der Waals surface area contributed by atoms with Gasteiger partial charge in [0, 0.05) is 43.9 Å². The molecule has 9 heteroatoms. The highest BCUT2D eigenvalue weighted by molar-refractivity contribution is 6.38. The first-order chi connectivity index (χ1) is 19.6. The fourth-order valence-electron chi connectivity index (χ4n) is 4.56. The molecule has 42 heavy (non-hydrogen) atoms. The Morgan fingerprint density at radius 1 is 0.881 bits per heavy atom. The number of carbonyl (C=O) groups is 6. The normalized spacial score (nSPS) is 13.5. The highest BCUT2D eigenvalue weighted by atomic mass is 16.2. The summed E-state index contributed by atoms with van der Waals surface area (Å²) in [6.07, 6.45) is 1.58. The number of rotatable bonds is 15. The molecule has 0 unspecified atom stereocenters. The van der Waals surface area contributed by atoms with E-state index < -0.39 is 40.8 Å². The molecule has 2 rings (SSSR count). The minimum absolute atomic E-state index is 0.0688. The molecule has 0 aliphatic carbocycles. The van der Waals surface area contributed by atoms with Gasteiger partial charge in [0.25, 0.3) is 0 Å². The lowest BCUT2D eigenvalue weighted by atomic mass is 9.76. The number of anilines is 1. The molecule has 0 saturated heterocycles. The molecule has 2 amide bonds. The van der Waals surface area contributed by atoms with Crippen LogP contribution in [-0.2, 0) is 30.4 Å². The molecule has 0 fully saturated rings. The zero-order valence-corrected chi connectivity index (χ0v) is 25.7. The van der Waals surface area contributed by atoms with E-state index in [1.54, 1.807) is 20.8 Å². The topological polar surface area (TPSA) is 139 Å². The van der Waals surface area contributed by atoms with Crippen LogP contribution in [0.1, 0.15) is 83.7 Å². The maximum absolute atomic E-state index is 13.3. The number of Topliss-reactive ketones (excluding diaryl/α,β-unsaturated/α-hetero) is 4. The maximum atomic E-state index is 13.3. The van der Waals surface area contributed by atoms with Crippen molar-refractivity contribution < 1.29 is 28.8 Å². The van der Waals surface area contributed by atoms with Gasteiger partial charge in [0.1, 0.15) is 5.82 Å². The van der Waals surface area contributed by atoms with E-state index in [0.29, 0.717) is 17.8 Å². The number of carbonyl (C=O) groups excluding carboxylic acids is 6. The lowest BCUT2D eigenvalue weighted by Crippen LogP contribution is -2.46. The van der Waals surface area contributed by atoms with Gasteiger partial charge in [0.05, 0.1) is 12.0 Å². The molecule has 0 spiro atoms. The monoisotopic (exact) mass is 577 g/mol. The van der Waals surface area contributed by atoms with E-state index in [-0.39, 0.29) is 42.7 Å². The summed E-state index contributed by atoms with van der Waals surface area (Å²) < 4.78 is 0. The van der Waals surface area contributed by atoms with Crippen LogP contribution in [-0.4, -0.2) is 46.0 Å². The van der Waals surface area contributed by atoms with E-state index in [0.717, 1.165) is 5.56 Å².